The van der Waals surface area contributed by atoms with E-state index in [2.05, 4.69) is 48.0 Å². The average Bonchev–Trinajstić information content (AvgIpc) is 2.87. The van der Waals surface area contributed by atoms with Crippen molar-refractivity contribution in [2.75, 3.05) is 19.5 Å². The molecule has 0 aromatic heterocycles. The van der Waals surface area contributed by atoms with Crippen molar-refractivity contribution in [1.29, 1.82) is 0 Å². The monoisotopic (exact) mass is 334 g/mol. The van der Waals surface area contributed by atoms with Gasteiger partial charge in [-0.15, -0.1) is 11.6 Å². The minimum atomic E-state index is 0.0304. The van der Waals surface area contributed by atoms with E-state index in [1.165, 1.54) is 24.8 Å². The number of fused-ring (bicyclic) bond motifs is 1. The molecule has 2 heterocycles. The van der Waals surface area contributed by atoms with Crippen molar-refractivity contribution >= 4 is 17.5 Å². The first-order valence-corrected chi connectivity index (χ1v) is 9.24. The van der Waals surface area contributed by atoms with Crippen molar-refractivity contribution in [2.45, 2.75) is 56.7 Å². The van der Waals surface area contributed by atoms with Crippen LogP contribution in [-0.2, 0) is 4.79 Å². The zero-order valence-electron chi connectivity index (χ0n) is 14.2. The van der Waals surface area contributed by atoms with Gasteiger partial charge in [-0.1, -0.05) is 43.2 Å². The van der Waals surface area contributed by atoms with E-state index in [1.807, 2.05) is 6.07 Å². The Morgan fingerprint density at radius 2 is 2.00 bits per heavy atom. The highest BCUT2D eigenvalue weighted by Gasteiger charge is 2.53. The zero-order valence-corrected chi connectivity index (χ0v) is 14.9. The summed E-state index contributed by atoms with van der Waals surface area (Å²) in [5.41, 5.74) is 1.26. The van der Waals surface area contributed by atoms with Gasteiger partial charge in [0.25, 0.3) is 0 Å². The number of hydrogen-bond acceptors (Lipinski definition) is 2. The van der Waals surface area contributed by atoms with Crippen molar-refractivity contribution in [3.63, 3.8) is 0 Å². The van der Waals surface area contributed by atoms with Gasteiger partial charge in [-0.3, -0.25) is 9.69 Å². The molecule has 0 saturated carbocycles. The molecule has 0 bridgehead atoms. The summed E-state index contributed by atoms with van der Waals surface area (Å²) in [6, 6.07) is 10.8. The Morgan fingerprint density at radius 3 is 2.70 bits per heavy atom. The standard InChI is InChI=1S/C19H27ClN2O/c1-19-13-16(15-9-5-3-6-10-15)22(18(23)14-20)17(19)11-7-4-8-12-21(19)2/h3,5-6,9-10,16-17H,4,7-8,11-14H2,1-2H3/t16-,17+,19-/m0/s1. The fourth-order valence-corrected chi connectivity index (χ4v) is 4.63. The lowest BCUT2D eigenvalue weighted by atomic mass is 9.84. The summed E-state index contributed by atoms with van der Waals surface area (Å²) in [7, 11) is 2.22. The average molecular weight is 335 g/mol. The Hall–Kier alpha value is -1.06. The summed E-state index contributed by atoms with van der Waals surface area (Å²) in [4.78, 5) is 17.3. The van der Waals surface area contributed by atoms with E-state index in [1.54, 1.807) is 0 Å². The molecule has 0 N–H and O–H groups in total. The molecule has 2 fully saturated rings. The number of carbonyl (C=O) groups is 1. The quantitative estimate of drug-likeness (QED) is 0.767. The maximum absolute atomic E-state index is 12.7. The van der Waals surface area contributed by atoms with Crippen LogP contribution in [0.4, 0.5) is 0 Å². The number of likely N-dealkylation sites (N-methyl/N-ethyl adjacent to an activating group) is 1. The molecule has 23 heavy (non-hydrogen) atoms. The number of rotatable bonds is 2. The van der Waals surface area contributed by atoms with Gasteiger partial charge in [0.1, 0.15) is 5.88 Å². The lowest BCUT2D eigenvalue weighted by Crippen LogP contribution is -2.55. The first-order valence-electron chi connectivity index (χ1n) is 8.71. The van der Waals surface area contributed by atoms with Crippen LogP contribution < -0.4 is 0 Å². The molecule has 2 aliphatic rings. The van der Waals surface area contributed by atoms with Crippen LogP contribution in [0, 0.1) is 0 Å². The number of hydrogen-bond donors (Lipinski definition) is 0. The molecule has 1 aromatic rings. The van der Waals surface area contributed by atoms with Crippen molar-refractivity contribution in [2.24, 2.45) is 0 Å². The molecular weight excluding hydrogens is 308 g/mol. The zero-order chi connectivity index (χ0) is 16.4. The highest BCUT2D eigenvalue weighted by molar-refractivity contribution is 6.27. The Morgan fingerprint density at radius 1 is 1.26 bits per heavy atom. The summed E-state index contributed by atoms with van der Waals surface area (Å²) >= 11 is 5.97. The second-order valence-corrected chi connectivity index (χ2v) is 7.48. The summed E-state index contributed by atoms with van der Waals surface area (Å²) in [6.45, 7) is 3.44. The minimum Gasteiger partial charge on any atom is -0.330 e. The number of alkyl halides is 1. The normalized spacial score (nSPS) is 32.2. The lowest BCUT2D eigenvalue weighted by molar-refractivity contribution is -0.132. The SMILES string of the molecule is CN1CCCCC[C@H]2N(C(=O)CCl)[C@H](c3ccccc3)C[C@@]21C. The Bertz CT molecular complexity index is 550. The van der Waals surface area contributed by atoms with E-state index < -0.39 is 0 Å². The Balaban J connectivity index is 2.01. The second-order valence-electron chi connectivity index (χ2n) is 7.21. The van der Waals surface area contributed by atoms with E-state index in [9.17, 15) is 4.79 Å². The van der Waals surface area contributed by atoms with Gasteiger partial charge in [-0.05, 0) is 45.3 Å². The second kappa shape index (κ2) is 6.82. The van der Waals surface area contributed by atoms with Gasteiger partial charge < -0.3 is 4.90 Å². The number of benzene rings is 1. The van der Waals surface area contributed by atoms with Crippen LogP contribution in [0.15, 0.2) is 30.3 Å². The highest BCUT2D eigenvalue weighted by atomic mass is 35.5. The van der Waals surface area contributed by atoms with Gasteiger partial charge in [0.05, 0.1) is 12.1 Å². The number of carbonyl (C=O) groups excluding carboxylic acids is 1. The summed E-state index contributed by atoms with van der Waals surface area (Å²) in [5, 5.41) is 0. The van der Waals surface area contributed by atoms with Gasteiger partial charge in [-0.2, -0.15) is 0 Å². The predicted molar refractivity (Wildman–Crippen MR) is 94.7 cm³/mol. The Kier molecular flexibility index (Phi) is 4.98. The molecule has 0 unspecified atom stereocenters. The van der Waals surface area contributed by atoms with Crippen LogP contribution in [0.2, 0.25) is 0 Å². The van der Waals surface area contributed by atoms with Gasteiger partial charge in [-0.25, -0.2) is 0 Å². The van der Waals surface area contributed by atoms with Crippen LogP contribution in [0.25, 0.3) is 0 Å². The predicted octanol–water partition coefficient (Wildman–Crippen LogP) is 3.83. The fraction of sp³-hybridized carbons (Fsp3) is 0.632. The number of amides is 1. The largest absolute Gasteiger partial charge is 0.330 e. The number of likely N-dealkylation sites (tertiary alicyclic amines) is 2. The van der Waals surface area contributed by atoms with Gasteiger partial charge >= 0.3 is 0 Å². The van der Waals surface area contributed by atoms with Gasteiger partial charge in [0, 0.05) is 5.54 Å². The van der Waals surface area contributed by atoms with Crippen LogP contribution in [0.3, 0.4) is 0 Å². The maximum atomic E-state index is 12.7. The van der Waals surface area contributed by atoms with Crippen molar-refractivity contribution in [3.05, 3.63) is 35.9 Å². The van der Waals surface area contributed by atoms with Crippen LogP contribution in [0.1, 0.15) is 50.6 Å². The van der Waals surface area contributed by atoms with E-state index in [4.69, 9.17) is 11.6 Å². The summed E-state index contributed by atoms with van der Waals surface area (Å²) < 4.78 is 0. The highest BCUT2D eigenvalue weighted by Crippen LogP contribution is 2.47. The first kappa shape index (κ1) is 16.8. The third-order valence-electron chi connectivity index (χ3n) is 5.93. The molecule has 1 aromatic carbocycles. The van der Waals surface area contributed by atoms with E-state index in [0.717, 1.165) is 19.4 Å². The van der Waals surface area contributed by atoms with E-state index in [-0.39, 0.29) is 29.4 Å². The molecule has 1 amide bonds. The molecule has 3 rings (SSSR count). The lowest BCUT2D eigenvalue weighted by Gasteiger charge is -2.43. The number of nitrogens with zero attached hydrogens (tertiary/aromatic N) is 2. The van der Waals surface area contributed by atoms with Gasteiger partial charge in [0.15, 0.2) is 0 Å². The number of halogens is 1. The van der Waals surface area contributed by atoms with Crippen LogP contribution in [-0.4, -0.2) is 46.8 Å². The van der Waals surface area contributed by atoms with E-state index >= 15 is 0 Å². The van der Waals surface area contributed by atoms with Crippen LogP contribution in [0.5, 0.6) is 0 Å². The van der Waals surface area contributed by atoms with Crippen LogP contribution >= 0.6 is 11.6 Å². The summed E-state index contributed by atoms with van der Waals surface area (Å²) in [6.07, 6.45) is 5.75. The first-order chi connectivity index (χ1) is 11.1. The maximum Gasteiger partial charge on any atom is 0.238 e. The molecule has 3 atom stereocenters. The molecule has 0 spiro atoms. The molecule has 2 aliphatic heterocycles. The molecule has 4 heteroatoms. The molecular formula is C19H27ClN2O. The van der Waals surface area contributed by atoms with Gasteiger partial charge in [0.2, 0.25) is 5.91 Å². The van der Waals surface area contributed by atoms with Crippen molar-refractivity contribution in [3.8, 4) is 0 Å². The smallest absolute Gasteiger partial charge is 0.238 e. The third kappa shape index (κ3) is 3.01. The minimum absolute atomic E-state index is 0.0304. The molecule has 3 nitrogen and oxygen atoms in total. The summed E-state index contributed by atoms with van der Waals surface area (Å²) in [5.74, 6) is 0.141. The van der Waals surface area contributed by atoms with Crippen molar-refractivity contribution < 1.29 is 4.79 Å². The topological polar surface area (TPSA) is 23.6 Å². The fourth-order valence-electron chi connectivity index (χ4n) is 4.49. The molecule has 0 radical (unpaired) electrons. The van der Waals surface area contributed by atoms with E-state index in [0.29, 0.717) is 0 Å². The molecule has 126 valence electrons. The molecule has 2 saturated heterocycles. The van der Waals surface area contributed by atoms with Crippen molar-refractivity contribution in [1.82, 2.24) is 9.80 Å². The Labute approximate surface area is 144 Å². The molecule has 0 aliphatic carbocycles. The third-order valence-corrected chi connectivity index (χ3v) is 6.15.